The van der Waals surface area contributed by atoms with Crippen molar-refractivity contribution in [3.63, 3.8) is 0 Å². The highest BCUT2D eigenvalue weighted by Gasteiger charge is 2.45. The van der Waals surface area contributed by atoms with Gasteiger partial charge in [0.2, 0.25) is 20.0 Å². The smallest absolute Gasteiger partial charge is 0.243 e. The molecule has 34 heavy (non-hydrogen) atoms. The lowest BCUT2D eigenvalue weighted by molar-refractivity contribution is 0.128. The highest BCUT2D eigenvalue weighted by molar-refractivity contribution is 7.92. The molecule has 12 heteroatoms. The van der Waals surface area contributed by atoms with Gasteiger partial charge in [-0.3, -0.25) is 0 Å². The summed E-state index contributed by atoms with van der Waals surface area (Å²) in [7, 11) is -11.8. The van der Waals surface area contributed by atoms with Gasteiger partial charge >= 0.3 is 0 Å². The minimum atomic E-state index is -4.24. The molecule has 3 rings (SSSR count). The zero-order chi connectivity index (χ0) is 25.5. The molecule has 0 radical (unpaired) electrons. The minimum Gasteiger partial charge on any atom is -0.390 e. The van der Waals surface area contributed by atoms with Crippen LogP contribution in [0, 0.1) is 27.7 Å². The lowest BCUT2D eigenvalue weighted by Gasteiger charge is -2.30. The van der Waals surface area contributed by atoms with Crippen LogP contribution in [0.15, 0.2) is 46.2 Å². The van der Waals surface area contributed by atoms with Gasteiger partial charge in [0.05, 0.1) is 33.4 Å². The second kappa shape index (κ2) is 9.67. The van der Waals surface area contributed by atoms with Gasteiger partial charge in [-0.05, 0) is 62.1 Å². The first kappa shape index (κ1) is 26.8. The van der Waals surface area contributed by atoms with Crippen molar-refractivity contribution < 1.29 is 30.4 Å². The summed E-state index contributed by atoms with van der Waals surface area (Å²) < 4.78 is 80.6. The maximum absolute atomic E-state index is 13.6. The van der Waals surface area contributed by atoms with Crippen molar-refractivity contribution in [1.82, 2.24) is 9.03 Å². The van der Waals surface area contributed by atoms with Gasteiger partial charge in [0.25, 0.3) is 0 Å². The van der Waals surface area contributed by atoms with Gasteiger partial charge in [0.1, 0.15) is 0 Å². The Morgan fingerprint density at radius 2 is 1.44 bits per heavy atom. The molecular weight excluding hydrogens is 500 g/mol. The molecule has 1 fully saturated rings. The van der Waals surface area contributed by atoms with Crippen molar-refractivity contribution in [2.75, 3.05) is 24.6 Å². The summed E-state index contributed by atoms with van der Waals surface area (Å²) >= 11 is 0. The fraction of sp³-hybridized carbons (Fsp3) is 0.455. The lowest BCUT2D eigenvalue weighted by Crippen LogP contribution is -2.49. The van der Waals surface area contributed by atoms with Gasteiger partial charge in [-0.25, -0.2) is 30.0 Å². The van der Waals surface area contributed by atoms with Gasteiger partial charge in [0.15, 0.2) is 9.84 Å². The zero-order valence-corrected chi connectivity index (χ0v) is 22.0. The maximum Gasteiger partial charge on any atom is 0.243 e. The Labute approximate surface area is 201 Å². The van der Waals surface area contributed by atoms with Crippen molar-refractivity contribution >= 4 is 29.9 Å². The first-order valence-electron chi connectivity index (χ1n) is 10.7. The average Bonchev–Trinajstić information content (AvgIpc) is 3.00. The van der Waals surface area contributed by atoms with Crippen LogP contribution in [0.1, 0.15) is 22.3 Å². The van der Waals surface area contributed by atoms with E-state index < -0.39 is 53.5 Å². The van der Waals surface area contributed by atoms with Crippen molar-refractivity contribution in [2.45, 2.75) is 49.6 Å². The highest BCUT2D eigenvalue weighted by Crippen LogP contribution is 2.28. The summed E-state index contributed by atoms with van der Waals surface area (Å²) in [6.45, 7) is 6.12. The second-order valence-corrected chi connectivity index (χ2v) is 14.5. The zero-order valence-electron chi connectivity index (χ0n) is 19.5. The van der Waals surface area contributed by atoms with Gasteiger partial charge in [-0.15, -0.1) is 0 Å². The molecule has 1 heterocycles. The molecule has 0 aromatic heterocycles. The molecule has 1 aliphatic rings. The SMILES string of the molecule is Cc1ccc(C)c(S(=O)(=O)NCCN([C@H]2CS(=O)(=O)C[C@@H]2O)S(=O)(=O)c2cc(C)ccc2C)c1. The predicted octanol–water partition coefficient (Wildman–Crippen LogP) is 1.05. The Hall–Kier alpha value is -1.83. The average molecular weight is 531 g/mol. The van der Waals surface area contributed by atoms with Crippen molar-refractivity contribution in [3.05, 3.63) is 58.7 Å². The minimum absolute atomic E-state index is 0.0126. The lowest BCUT2D eigenvalue weighted by atomic mass is 10.2. The molecule has 0 bridgehead atoms. The van der Waals surface area contributed by atoms with Crippen molar-refractivity contribution in [3.8, 4) is 0 Å². The van der Waals surface area contributed by atoms with E-state index in [4.69, 9.17) is 0 Å². The Morgan fingerprint density at radius 1 is 0.912 bits per heavy atom. The monoisotopic (exact) mass is 530 g/mol. The summed E-state index contributed by atoms with van der Waals surface area (Å²) in [6.07, 6.45) is -1.42. The maximum atomic E-state index is 13.6. The van der Waals surface area contributed by atoms with E-state index in [1.165, 1.54) is 12.1 Å². The molecule has 1 aliphatic heterocycles. The van der Waals surface area contributed by atoms with Crippen LogP contribution in [0.25, 0.3) is 0 Å². The van der Waals surface area contributed by atoms with Crippen LogP contribution in [0.3, 0.4) is 0 Å². The van der Waals surface area contributed by atoms with Crippen LogP contribution >= 0.6 is 0 Å². The largest absolute Gasteiger partial charge is 0.390 e. The van der Waals surface area contributed by atoms with E-state index in [2.05, 4.69) is 4.72 Å². The number of benzene rings is 2. The molecule has 2 atom stereocenters. The molecule has 0 saturated carbocycles. The number of sulfonamides is 2. The third-order valence-electron chi connectivity index (χ3n) is 5.85. The topological polar surface area (TPSA) is 138 Å². The third-order valence-corrected chi connectivity index (χ3v) is 11.2. The number of sulfone groups is 1. The Bertz CT molecular complexity index is 1400. The number of hydrogen-bond donors (Lipinski definition) is 2. The number of aliphatic hydroxyl groups is 1. The predicted molar refractivity (Wildman–Crippen MR) is 129 cm³/mol. The van der Waals surface area contributed by atoms with Crippen molar-refractivity contribution in [2.24, 2.45) is 0 Å². The van der Waals surface area contributed by atoms with E-state index in [-0.39, 0.29) is 22.9 Å². The highest BCUT2D eigenvalue weighted by atomic mass is 32.2. The van der Waals surface area contributed by atoms with Gasteiger partial charge in [-0.2, -0.15) is 4.31 Å². The molecule has 2 aromatic carbocycles. The standard InChI is InChI=1S/C22H30N2O7S3/c1-15-5-7-17(3)21(11-15)33(28,29)23-9-10-24(19-13-32(26,27)14-20(19)25)34(30,31)22-12-16(2)6-8-18(22)4/h5-8,11-12,19-20,23,25H,9-10,13-14H2,1-4H3/t19-,20-/m0/s1. The van der Waals surface area contributed by atoms with Gasteiger partial charge in [-0.1, -0.05) is 24.3 Å². The summed E-state index contributed by atoms with van der Waals surface area (Å²) in [6, 6.07) is 8.65. The molecule has 0 unspecified atom stereocenters. The summed E-state index contributed by atoms with van der Waals surface area (Å²) in [5.74, 6) is -1.09. The number of aryl methyl sites for hydroxylation is 4. The summed E-state index contributed by atoms with van der Waals surface area (Å²) in [4.78, 5) is 0.0706. The molecule has 0 spiro atoms. The summed E-state index contributed by atoms with van der Waals surface area (Å²) in [5.41, 5.74) is 2.45. The number of rotatable bonds is 8. The number of hydrogen-bond acceptors (Lipinski definition) is 7. The molecule has 2 N–H and O–H groups in total. The Kier molecular flexibility index (Phi) is 7.61. The molecule has 0 aliphatic carbocycles. The number of nitrogens with one attached hydrogen (secondary N) is 1. The summed E-state index contributed by atoms with van der Waals surface area (Å²) in [5, 5.41) is 10.4. The van der Waals surface area contributed by atoms with E-state index in [0.717, 1.165) is 9.87 Å². The van der Waals surface area contributed by atoms with Crippen LogP contribution in [-0.4, -0.2) is 71.4 Å². The van der Waals surface area contributed by atoms with E-state index >= 15 is 0 Å². The van der Waals surface area contributed by atoms with Crippen LogP contribution in [0.5, 0.6) is 0 Å². The fourth-order valence-electron chi connectivity index (χ4n) is 4.03. The second-order valence-electron chi connectivity index (χ2n) is 8.76. The number of nitrogens with zero attached hydrogens (tertiary/aromatic N) is 1. The molecule has 2 aromatic rings. The van der Waals surface area contributed by atoms with Gasteiger partial charge in [0, 0.05) is 13.1 Å². The van der Waals surface area contributed by atoms with E-state index in [9.17, 15) is 30.4 Å². The Balaban J connectivity index is 1.94. The quantitative estimate of drug-likeness (QED) is 0.520. The molecule has 0 amide bonds. The van der Waals surface area contributed by atoms with Crippen LogP contribution in [0.4, 0.5) is 0 Å². The van der Waals surface area contributed by atoms with Crippen LogP contribution in [-0.2, 0) is 29.9 Å². The normalized spacial score (nSPS) is 20.6. The Morgan fingerprint density at radius 3 is 1.97 bits per heavy atom. The molecular formula is C22H30N2O7S3. The van der Waals surface area contributed by atoms with Crippen molar-refractivity contribution in [1.29, 1.82) is 0 Å². The van der Waals surface area contributed by atoms with Crippen LogP contribution in [0.2, 0.25) is 0 Å². The molecule has 188 valence electrons. The van der Waals surface area contributed by atoms with Gasteiger partial charge < -0.3 is 5.11 Å². The van der Waals surface area contributed by atoms with Crippen LogP contribution < -0.4 is 4.72 Å². The number of aliphatic hydroxyl groups excluding tert-OH is 1. The molecule has 9 nitrogen and oxygen atoms in total. The first-order valence-corrected chi connectivity index (χ1v) is 15.4. The fourth-order valence-corrected chi connectivity index (χ4v) is 9.24. The van der Waals surface area contributed by atoms with E-state index in [1.54, 1.807) is 52.0 Å². The first-order chi connectivity index (χ1) is 15.6. The molecule has 1 saturated heterocycles. The van der Waals surface area contributed by atoms with E-state index in [1.807, 2.05) is 0 Å². The third kappa shape index (κ3) is 5.69. The van der Waals surface area contributed by atoms with E-state index in [0.29, 0.717) is 16.7 Å².